The Kier molecular flexibility index (Phi) is 3.01. The van der Waals surface area contributed by atoms with E-state index in [-0.39, 0.29) is 5.56 Å². The van der Waals surface area contributed by atoms with Crippen LogP contribution >= 0.6 is 0 Å². The Balaban J connectivity index is 2.42. The lowest BCUT2D eigenvalue weighted by Gasteiger charge is -2.06. The van der Waals surface area contributed by atoms with E-state index in [0.29, 0.717) is 12.1 Å². The molecule has 0 aliphatic heterocycles. The lowest BCUT2D eigenvalue weighted by atomic mass is 10.1. The zero-order chi connectivity index (χ0) is 12.3. The predicted octanol–water partition coefficient (Wildman–Crippen LogP) is 1.47. The van der Waals surface area contributed by atoms with E-state index in [2.05, 4.69) is 11.2 Å². The third-order valence-corrected chi connectivity index (χ3v) is 2.46. The van der Waals surface area contributed by atoms with E-state index in [9.17, 15) is 4.79 Å². The van der Waals surface area contributed by atoms with Crippen molar-refractivity contribution in [1.82, 2.24) is 9.78 Å². The molecule has 0 saturated carbocycles. The lowest BCUT2D eigenvalue weighted by Crippen LogP contribution is -2.23. The number of benzene rings is 1. The molecule has 0 amide bonds. The van der Waals surface area contributed by atoms with Crippen LogP contribution < -0.4 is 5.56 Å². The number of nitriles is 1. The normalized spacial score (nSPS) is 9.88. The van der Waals surface area contributed by atoms with Crippen LogP contribution in [0.2, 0.25) is 0 Å². The number of rotatable bonds is 2. The highest BCUT2D eigenvalue weighted by Gasteiger charge is 2.04. The van der Waals surface area contributed by atoms with Crippen molar-refractivity contribution in [2.45, 2.75) is 13.5 Å². The summed E-state index contributed by atoms with van der Waals surface area (Å²) in [5, 5.41) is 13.1. The van der Waals surface area contributed by atoms with Crippen LogP contribution in [0.25, 0.3) is 0 Å². The molecule has 4 nitrogen and oxygen atoms in total. The van der Waals surface area contributed by atoms with E-state index < -0.39 is 0 Å². The second kappa shape index (κ2) is 4.62. The van der Waals surface area contributed by atoms with Crippen molar-refractivity contribution in [3.05, 3.63) is 63.6 Å². The average Bonchev–Trinajstić information content (AvgIpc) is 2.34. The van der Waals surface area contributed by atoms with Gasteiger partial charge in [-0.15, -0.1) is 0 Å². The van der Waals surface area contributed by atoms with Gasteiger partial charge in [0.15, 0.2) is 0 Å². The largest absolute Gasteiger partial charge is 0.268 e. The molecular formula is C13H11N3O. The van der Waals surface area contributed by atoms with Gasteiger partial charge in [0, 0.05) is 6.07 Å². The molecule has 0 bridgehead atoms. The molecule has 1 heterocycles. The minimum absolute atomic E-state index is 0.164. The van der Waals surface area contributed by atoms with Crippen molar-refractivity contribution in [3.8, 4) is 6.07 Å². The summed E-state index contributed by atoms with van der Waals surface area (Å²) in [5.74, 6) is 0. The number of hydrogen-bond donors (Lipinski definition) is 0. The Morgan fingerprint density at radius 2 is 2.06 bits per heavy atom. The summed E-state index contributed by atoms with van der Waals surface area (Å²) in [5.41, 5.74) is 1.99. The van der Waals surface area contributed by atoms with Crippen LogP contribution in [0.1, 0.15) is 16.8 Å². The zero-order valence-electron chi connectivity index (χ0n) is 9.42. The molecule has 0 aliphatic rings. The highest BCUT2D eigenvalue weighted by molar-refractivity contribution is 5.37. The Hall–Kier alpha value is -2.41. The highest BCUT2D eigenvalue weighted by atomic mass is 16.1. The topological polar surface area (TPSA) is 58.7 Å². The van der Waals surface area contributed by atoms with Gasteiger partial charge in [-0.1, -0.05) is 18.2 Å². The molecule has 4 heteroatoms. The maximum atomic E-state index is 11.6. The first-order chi connectivity index (χ1) is 8.20. The SMILES string of the molecule is Cc1ccc(=O)n(Cc2ccccc2C#N)n1. The smallest absolute Gasteiger partial charge is 0.267 e. The van der Waals surface area contributed by atoms with Crippen LogP contribution in [0.3, 0.4) is 0 Å². The molecule has 1 aromatic heterocycles. The van der Waals surface area contributed by atoms with E-state index in [4.69, 9.17) is 5.26 Å². The van der Waals surface area contributed by atoms with E-state index in [1.165, 1.54) is 10.7 Å². The van der Waals surface area contributed by atoms with E-state index in [1.54, 1.807) is 18.2 Å². The predicted molar refractivity (Wildman–Crippen MR) is 63.5 cm³/mol. The van der Waals surface area contributed by atoms with E-state index in [0.717, 1.165) is 11.3 Å². The van der Waals surface area contributed by atoms with Crippen molar-refractivity contribution < 1.29 is 0 Å². The molecule has 2 rings (SSSR count). The van der Waals surface area contributed by atoms with Gasteiger partial charge in [-0.3, -0.25) is 4.79 Å². The number of aryl methyl sites for hydroxylation is 1. The van der Waals surface area contributed by atoms with Crippen molar-refractivity contribution in [2.75, 3.05) is 0 Å². The van der Waals surface area contributed by atoms with Gasteiger partial charge < -0.3 is 0 Å². The average molecular weight is 225 g/mol. The molecule has 0 fully saturated rings. The zero-order valence-corrected chi connectivity index (χ0v) is 9.42. The molecular weight excluding hydrogens is 214 g/mol. The van der Waals surface area contributed by atoms with Crippen LogP contribution in [0.15, 0.2) is 41.2 Å². The second-order valence-corrected chi connectivity index (χ2v) is 3.74. The van der Waals surface area contributed by atoms with Gasteiger partial charge in [0.25, 0.3) is 5.56 Å². The Morgan fingerprint density at radius 1 is 1.29 bits per heavy atom. The first-order valence-electron chi connectivity index (χ1n) is 5.23. The standard InChI is InChI=1S/C13H11N3O/c1-10-6-7-13(17)16(15-10)9-12-5-3-2-4-11(12)8-14/h2-7H,9H2,1H3. The van der Waals surface area contributed by atoms with Crippen LogP contribution in [0.5, 0.6) is 0 Å². The Morgan fingerprint density at radius 3 is 2.82 bits per heavy atom. The number of nitrogens with zero attached hydrogens (tertiary/aromatic N) is 3. The van der Waals surface area contributed by atoms with E-state index in [1.807, 2.05) is 19.1 Å². The fraction of sp³-hybridized carbons (Fsp3) is 0.154. The second-order valence-electron chi connectivity index (χ2n) is 3.74. The summed E-state index contributed by atoms with van der Waals surface area (Å²) in [4.78, 5) is 11.6. The number of hydrogen-bond acceptors (Lipinski definition) is 3. The van der Waals surface area contributed by atoms with Crippen molar-refractivity contribution in [1.29, 1.82) is 5.26 Å². The van der Waals surface area contributed by atoms with Gasteiger partial charge in [0.05, 0.1) is 23.9 Å². The van der Waals surface area contributed by atoms with Gasteiger partial charge in [0.1, 0.15) is 0 Å². The van der Waals surface area contributed by atoms with Crippen molar-refractivity contribution >= 4 is 0 Å². The van der Waals surface area contributed by atoms with Gasteiger partial charge in [-0.05, 0) is 24.6 Å². The molecule has 1 aromatic carbocycles. The summed E-state index contributed by atoms with van der Waals surface area (Å²) >= 11 is 0. The molecule has 0 atom stereocenters. The fourth-order valence-corrected chi connectivity index (χ4v) is 1.59. The molecule has 84 valence electrons. The molecule has 0 unspecified atom stereocenters. The van der Waals surface area contributed by atoms with Gasteiger partial charge in [-0.25, -0.2) is 4.68 Å². The van der Waals surface area contributed by atoms with Gasteiger partial charge in [-0.2, -0.15) is 10.4 Å². The number of aromatic nitrogens is 2. The highest BCUT2D eigenvalue weighted by Crippen LogP contribution is 2.07. The maximum absolute atomic E-state index is 11.6. The first kappa shape index (κ1) is 11.1. The molecule has 17 heavy (non-hydrogen) atoms. The third-order valence-electron chi connectivity index (χ3n) is 2.46. The molecule has 0 spiro atoms. The van der Waals surface area contributed by atoms with Crippen molar-refractivity contribution in [3.63, 3.8) is 0 Å². The van der Waals surface area contributed by atoms with Crippen LogP contribution in [0, 0.1) is 18.3 Å². The maximum Gasteiger partial charge on any atom is 0.267 e. The summed E-state index contributed by atoms with van der Waals surface area (Å²) in [6.45, 7) is 2.15. The quantitative estimate of drug-likeness (QED) is 0.777. The minimum atomic E-state index is -0.164. The third kappa shape index (κ3) is 2.40. The van der Waals surface area contributed by atoms with Crippen molar-refractivity contribution in [2.24, 2.45) is 0 Å². The Bertz CT molecular complexity index is 638. The monoisotopic (exact) mass is 225 g/mol. The summed E-state index contributed by atoms with van der Waals surface area (Å²) < 4.78 is 1.37. The summed E-state index contributed by atoms with van der Waals surface area (Å²) in [6.07, 6.45) is 0. The van der Waals surface area contributed by atoms with Crippen LogP contribution in [-0.2, 0) is 6.54 Å². The van der Waals surface area contributed by atoms with Crippen LogP contribution in [0.4, 0.5) is 0 Å². The molecule has 0 N–H and O–H groups in total. The molecule has 0 saturated heterocycles. The summed E-state index contributed by atoms with van der Waals surface area (Å²) in [6, 6.07) is 12.5. The molecule has 2 aromatic rings. The lowest BCUT2D eigenvalue weighted by molar-refractivity contribution is 0.627. The minimum Gasteiger partial charge on any atom is -0.268 e. The Labute approximate surface area is 98.8 Å². The van der Waals surface area contributed by atoms with Crippen LogP contribution in [-0.4, -0.2) is 9.78 Å². The summed E-state index contributed by atoms with van der Waals surface area (Å²) in [7, 11) is 0. The fourth-order valence-electron chi connectivity index (χ4n) is 1.59. The first-order valence-corrected chi connectivity index (χ1v) is 5.23. The molecule has 0 aliphatic carbocycles. The molecule has 0 radical (unpaired) electrons. The van der Waals surface area contributed by atoms with Gasteiger partial charge in [0.2, 0.25) is 0 Å². The van der Waals surface area contributed by atoms with Gasteiger partial charge >= 0.3 is 0 Å². The van der Waals surface area contributed by atoms with E-state index >= 15 is 0 Å².